The number of halogens is 1. The molecule has 0 aliphatic heterocycles. The van der Waals surface area contributed by atoms with Crippen LogP contribution in [0.5, 0.6) is 0 Å². The van der Waals surface area contributed by atoms with E-state index in [1.165, 1.54) is 0 Å². The van der Waals surface area contributed by atoms with Gasteiger partial charge in [0.05, 0.1) is 0 Å². The van der Waals surface area contributed by atoms with Crippen molar-refractivity contribution in [1.82, 2.24) is 0 Å². The molecule has 0 saturated carbocycles. The molecular weight excluding hydrogens is 597 g/mol. The Morgan fingerprint density at radius 1 is 0.789 bits per heavy atom. The molecule has 0 fully saturated rings. The summed E-state index contributed by atoms with van der Waals surface area (Å²) in [6, 6.07) is 35.7. The predicted molar refractivity (Wildman–Crippen MR) is 160 cm³/mol. The Kier molecular flexibility index (Phi) is 7.87. The van der Waals surface area contributed by atoms with Crippen LogP contribution in [0.1, 0.15) is 41.8 Å². The fraction of sp³-hybridized carbons (Fsp3) is 0.152. The number of carbonyl (C=O) groups is 1. The summed E-state index contributed by atoms with van der Waals surface area (Å²) in [6.07, 6.45) is 0.636. The molecule has 0 unspecified atom stereocenters. The molecule has 1 aliphatic carbocycles. The van der Waals surface area contributed by atoms with Gasteiger partial charge in [0.25, 0.3) is 0 Å². The maximum absolute atomic E-state index is 14.0. The molecule has 0 amide bonds. The molecule has 38 heavy (non-hydrogen) atoms. The average Bonchev–Trinajstić information content (AvgIpc) is 3.21. The molecule has 0 atom stereocenters. The third-order valence-corrected chi connectivity index (χ3v) is 17.6. The minimum absolute atomic E-state index is 0.0615. The molecule has 0 spiro atoms. The number of Topliss-reactive ketones (excluding diaryl/α,β-unsaturated/α-hetero) is 1. The molecule has 4 aromatic carbocycles. The van der Waals surface area contributed by atoms with Gasteiger partial charge in [-0.2, -0.15) is 0 Å². The molecular formula is C33H30ClNO2Sn. The normalized spacial score (nSPS) is 13.7. The fourth-order valence-corrected chi connectivity index (χ4v) is 13.5. The van der Waals surface area contributed by atoms with Crippen LogP contribution in [0.15, 0.2) is 120 Å². The Hall–Kier alpha value is -3.15. The quantitative estimate of drug-likeness (QED) is 0.153. The molecule has 5 heteroatoms. The zero-order valence-corrected chi connectivity index (χ0v) is 25.4. The van der Waals surface area contributed by atoms with Crippen molar-refractivity contribution in [1.29, 1.82) is 0 Å². The van der Waals surface area contributed by atoms with Crippen molar-refractivity contribution in [3.63, 3.8) is 0 Å². The molecule has 0 saturated heterocycles. The summed E-state index contributed by atoms with van der Waals surface area (Å²) in [5.41, 5.74) is 4.63. The van der Waals surface area contributed by atoms with Crippen LogP contribution < -0.4 is 7.16 Å². The van der Waals surface area contributed by atoms with E-state index in [4.69, 9.17) is 17.0 Å². The molecule has 0 heterocycles. The van der Waals surface area contributed by atoms with Gasteiger partial charge < -0.3 is 0 Å². The van der Waals surface area contributed by atoms with Gasteiger partial charge in [-0.15, -0.1) is 0 Å². The molecule has 4 aromatic rings. The number of ketones is 1. The number of aliphatic imine (C=N–C) groups is 1. The summed E-state index contributed by atoms with van der Waals surface area (Å²) in [5, 5.41) is 0. The van der Waals surface area contributed by atoms with Gasteiger partial charge in [0.1, 0.15) is 0 Å². The summed E-state index contributed by atoms with van der Waals surface area (Å²) in [4.78, 5) is 19.0. The van der Waals surface area contributed by atoms with Crippen molar-refractivity contribution >= 4 is 56.7 Å². The maximum atomic E-state index is 14.0. The van der Waals surface area contributed by atoms with Gasteiger partial charge in [-0.1, -0.05) is 0 Å². The van der Waals surface area contributed by atoms with E-state index < -0.39 is 17.7 Å². The first-order chi connectivity index (χ1) is 18.4. The monoisotopic (exact) mass is 627 g/mol. The number of rotatable bonds is 8. The van der Waals surface area contributed by atoms with E-state index >= 15 is 0 Å². The van der Waals surface area contributed by atoms with E-state index in [0.29, 0.717) is 23.3 Å². The van der Waals surface area contributed by atoms with Gasteiger partial charge in [0.2, 0.25) is 0 Å². The Morgan fingerprint density at radius 3 is 1.87 bits per heavy atom. The Bertz CT molecular complexity index is 1470. The van der Waals surface area contributed by atoms with Crippen molar-refractivity contribution < 1.29 is 7.87 Å². The Morgan fingerprint density at radius 2 is 1.32 bits per heavy atom. The number of allylic oxidation sites excluding steroid dienone is 1. The van der Waals surface area contributed by atoms with E-state index in [1.54, 1.807) is 0 Å². The molecule has 0 radical (unpaired) electrons. The zero-order chi connectivity index (χ0) is 26.7. The third kappa shape index (κ3) is 5.36. The van der Waals surface area contributed by atoms with Crippen LogP contribution in [-0.4, -0.2) is 29.2 Å². The van der Waals surface area contributed by atoms with Crippen molar-refractivity contribution in [2.45, 2.75) is 27.2 Å². The SMILES string of the molecule is Cc1ccc(N=C(CC(C)C)C2=C([O][Sn]([Cl])([c]3ccccc3)[c]3ccccc3)c3ccccc3C2=O)cc1. The summed E-state index contributed by atoms with van der Waals surface area (Å²) in [5.74, 6) is 0.779. The summed E-state index contributed by atoms with van der Waals surface area (Å²) >= 11 is -4.27. The zero-order valence-electron chi connectivity index (χ0n) is 21.8. The van der Waals surface area contributed by atoms with Crippen LogP contribution >= 0.6 is 8.92 Å². The average molecular weight is 627 g/mol. The van der Waals surface area contributed by atoms with Crippen molar-refractivity contribution in [2.75, 3.05) is 0 Å². The van der Waals surface area contributed by atoms with Crippen LogP contribution in [0.25, 0.3) is 5.76 Å². The molecule has 0 bridgehead atoms. The molecule has 0 N–H and O–H groups in total. The summed E-state index contributed by atoms with van der Waals surface area (Å²) in [7, 11) is 7.64. The van der Waals surface area contributed by atoms with Crippen molar-refractivity contribution in [2.24, 2.45) is 10.9 Å². The standard InChI is InChI=1S/C21H21NO2.2C6H5.ClH.Sn/c1-13(2)12-18(22-15-10-8-14(3)9-11-15)19-20(23)16-6-4-5-7-17(16)21(19)24;2*1-2-4-6-5-3-1;;/h4-11,13,23H,12H2,1-3H3;2*1-5H;1H;/q;;;;+2/p-2. The second kappa shape index (κ2) is 11.3. The van der Waals surface area contributed by atoms with E-state index in [0.717, 1.165) is 29.7 Å². The topological polar surface area (TPSA) is 38.7 Å². The van der Waals surface area contributed by atoms with E-state index in [1.807, 2.05) is 116 Å². The fourth-order valence-electron chi connectivity index (χ4n) is 4.72. The number of carbonyl (C=O) groups excluding carboxylic acids is 1. The van der Waals surface area contributed by atoms with Gasteiger partial charge in [-0.25, -0.2) is 0 Å². The number of benzene rings is 4. The van der Waals surface area contributed by atoms with Gasteiger partial charge in [-0.3, -0.25) is 0 Å². The minimum atomic E-state index is -4.27. The van der Waals surface area contributed by atoms with Crippen molar-refractivity contribution in [3.8, 4) is 0 Å². The van der Waals surface area contributed by atoms with Crippen LogP contribution in [-0.2, 0) is 3.07 Å². The van der Waals surface area contributed by atoms with Gasteiger partial charge in [-0.05, 0) is 0 Å². The molecule has 190 valence electrons. The third-order valence-electron chi connectivity index (χ3n) is 6.59. The first-order valence-electron chi connectivity index (χ1n) is 12.9. The number of hydrogen-bond acceptors (Lipinski definition) is 3. The second-order valence-electron chi connectivity index (χ2n) is 10.0. The summed E-state index contributed by atoms with van der Waals surface area (Å²) in [6.45, 7) is 6.32. The first-order valence-corrected chi connectivity index (χ1v) is 20.5. The Labute approximate surface area is 233 Å². The molecule has 1 aliphatic rings. The molecule has 5 rings (SSSR count). The van der Waals surface area contributed by atoms with Crippen LogP contribution in [0.4, 0.5) is 5.69 Å². The number of fused-ring (bicyclic) bond motifs is 1. The van der Waals surface area contributed by atoms with Crippen LogP contribution in [0, 0.1) is 12.8 Å². The van der Waals surface area contributed by atoms with E-state index in [2.05, 4.69) is 13.8 Å². The van der Waals surface area contributed by atoms with Crippen LogP contribution in [0.3, 0.4) is 0 Å². The van der Waals surface area contributed by atoms with Gasteiger partial charge in [0, 0.05) is 0 Å². The second-order valence-corrected chi connectivity index (χ2v) is 20.8. The first kappa shape index (κ1) is 26.5. The Balaban J connectivity index is 1.73. The number of nitrogens with zero attached hydrogens (tertiary/aromatic N) is 1. The summed E-state index contributed by atoms with van der Waals surface area (Å²) < 4.78 is 9.02. The van der Waals surface area contributed by atoms with E-state index in [9.17, 15) is 4.79 Å². The number of aryl methyl sites for hydroxylation is 1. The van der Waals surface area contributed by atoms with Gasteiger partial charge >= 0.3 is 234 Å². The van der Waals surface area contributed by atoms with Crippen molar-refractivity contribution in [3.05, 3.63) is 131 Å². The van der Waals surface area contributed by atoms with Crippen LogP contribution in [0.2, 0.25) is 0 Å². The van der Waals surface area contributed by atoms with E-state index in [-0.39, 0.29) is 11.7 Å². The molecule has 3 nitrogen and oxygen atoms in total. The number of hydrogen-bond donors (Lipinski definition) is 0. The molecule has 0 aromatic heterocycles. The van der Waals surface area contributed by atoms with Gasteiger partial charge in [0.15, 0.2) is 0 Å². The predicted octanol–water partition coefficient (Wildman–Crippen LogP) is 7.23.